The van der Waals surface area contributed by atoms with Gasteiger partial charge in [-0.15, -0.1) is 0 Å². The Morgan fingerprint density at radius 3 is 2.78 bits per heavy atom. The number of aryl methyl sites for hydroxylation is 1. The summed E-state index contributed by atoms with van der Waals surface area (Å²) in [6.45, 7) is 2.32. The van der Waals surface area contributed by atoms with Crippen molar-refractivity contribution < 1.29 is 17.9 Å². The van der Waals surface area contributed by atoms with E-state index in [2.05, 4.69) is 5.32 Å². The molecule has 0 aliphatic carbocycles. The molecule has 1 amide bonds. The van der Waals surface area contributed by atoms with E-state index in [4.69, 9.17) is 4.74 Å². The number of benzene rings is 1. The van der Waals surface area contributed by atoms with Gasteiger partial charge in [-0.1, -0.05) is 12.1 Å². The molecule has 23 heavy (non-hydrogen) atoms. The van der Waals surface area contributed by atoms with Gasteiger partial charge >= 0.3 is 0 Å². The molecular formula is C16H22N2O4S. The van der Waals surface area contributed by atoms with Crippen molar-refractivity contribution in [2.24, 2.45) is 0 Å². The molecule has 2 aliphatic heterocycles. The van der Waals surface area contributed by atoms with Crippen molar-refractivity contribution in [3.8, 4) is 0 Å². The Bertz CT molecular complexity index is 704. The second-order valence-corrected chi connectivity index (χ2v) is 8.03. The Morgan fingerprint density at radius 2 is 2.09 bits per heavy atom. The van der Waals surface area contributed by atoms with Crippen molar-refractivity contribution in [2.45, 2.75) is 49.3 Å². The number of likely N-dealkylation sites (N-methyl/N-ethyl adjacent to an activating group) is 1. The van der Waals surface area contributed by atoms with E-state index in [1.54, 1.807) is 29.6 Å². The van der Waals surface area contributed by atoms with Gasteiger partial charge in [-0.25, -0.2) is 8.42 Å². The van der Waals surface area contributed by atoms with E-state index in [1.807, 2.05) is 13.0 Å². The average molecular weight is 338 g/mol. The summed E-state index contributed by atoms with van der Waals surface area (Å²) in [7, 11) is -1.94. The fraction of sp³-hybridized carbons (Fsp3) is 0.562. The van der Waals surface area contributed by atoms with Crippen LogP contribution in [0.3, 0.4) is 0 Å². The SMILES string of the molecule is CNC(=O)[C@H]1CC[C@H]2[C@H](CCN2S(=O)(=O)c2cccc(C)c2)O1. The Morgan fingerprint density at radius 1 is 1.30 bits per heavy atom. The zero-order valence-electron chi connectivity index (χ0n) is 13.4. The van der Waals surface area contributed by atoms with Gasteiger partial charge in [0.25, 0.3) is 0 Å². The molecule has 0 unspecified atom stereocenters. The number of rotatable bonds is 3. The molecular weight excluding hydrogens is 316 g/mol. The summed E-state index contributed by atoms with van der Waals surface area (Å²) < 4.78 is 33.2. The highest BCUT2D eigenvalue weighted by molar-refractivity contribution is 7.89. The first kappa shape index (κ1) is 16.4. The summed E-state index contributed by atoms with van der Waals surface area (Å²) in [5, 5.41) is 2.59. The lowest BCUT2D eigenvalue weighted by molar-refractivity contribution is -0.142. The largest absolute Gasteiger partial charge is 0.363 e. The first-order chi connectivity index (χ1) is 10.9. The molecule has 3 rings (SSSR count). The lowest BCUT2D eigenvalue weighted by atomic mass is 9.99. The number of fused-ring (bicyclic) bond motifs is 1. The maximum absolute atomic E-state index is 12.9. The van der Waals surface area contributed by atoms with Crippen molar-refractivity contribution >= 4 is 15.9 Å². The lowest BCUT2D eigenvalue weighted by Crippen LogP contribution is -2.48. The molecule has 2 fully saturated rings. The molecule has 0 spiro atoms. The van der Waals surface area contributed by atoms with Gasteiger partial charge in [0.05, 0.1) is 17.0 Å². The first-order valence-electron chi connectivity index (χ1n) is 7.89. The van der Waals surface area contributed by atoms with E-state index < -0.39 is 16.1 Å². The molecule has 1 aromatic rings. The van der Waals surface area contributed by atoms with Crippen molar-refractivity contribution in [3.63, 3.8) is 0 Å². The summed E-state index contributed by atoms with van der Waals surface area (Å²) in [5.74, 6) is -0.136. The summed E-state index contributed by atoms with van der Waals surface area (Å²) in [4.78, 5) is 12.1. The van der Waals surface area contributed by atoms with Crippen LogP contribution in [0.2, 0.25) is 0 Å². The van der Waals surface area contributed by atoms with Gasteiger partial charge in [0.15, 0.2) is 0 Å². The number of amides is 1. The average Bonchev–Trinajstić information content (AvgIpc) is 2.97. The number of nitrogens with one attached hydrogen (secondary N) is 1. The van der Waals surface area contributed by atoms with Crippen molar-refractivity contribution in [3.05, 3.63) is 29.8 Å². The van der Waals surface area contributed by atoms with E-state index in [-0.39, 0.29) is 18.1 Å². The Hall–Kier alpha value is -1.44. The van der Waals surface area contributed by atoms with Crippen LogP contribution in [0.1, 0.15) is 24.8 Å². The Labute approximate surface area is 136 Å². The topological polar surface area (TPSA) is 75.7 Å². The van der Waals surface area contributed by atoms with E-state index in [9.17, 15) is 13.2 Å². The standard InChI is InChI=1S/C16H22N2O4S/c1-11-4-3-5-12(10-11)23(20,21)18-9-8-14-13(18)6-7-15(22-14)16(19)17-2/h3-5,10,13-15H,6-9H2,1-2H3,(H,17,19)/t13-,14-,15+/m0/s1. The van der Waals surface area contributed by atoms with E-state index in [0.717, 1.165) is 5.56 Å². The minimum Gasteiger partial charge on any atom is -0.363 e. The van der Waals surface area contributed by atoms with Crippen LogP contribution < -0.4 is 5.32 Å². The van der Waals surface area contributed by atoms with Crippen LogP contribution in [0.15, 0.2) is 29.2 Å². The third-order valence-corrected chi connectivity index (χ3v) is 6.55. The van der Waals surface area contributed by atoms with Crippen LogP contribution in [-0.2, 0) is 19.6 Å². The fourth-order valence-electron chi connectivity index (χ4n) is 3.45. The zero-order valence-corrected chi connectivity index (χ0v) is 14.2. The highest BCUT2D eigenvalue weighted by atomic mass is 32.2. The van der Waals surface area contributed by atoms with E-state index in [0.29, 0.717) is 30.7 Å². The van der Waals surface area contributed by atoms with Gasteiger partial charge in [-0.3, -0.25) is 4.79 Å². The third kappa shape index (κ3) is 3.00. The van der Waals surface area contributed by atoms with Gasteiger partial charge in [0.1, 0.15) is 6.10 Å². The molecule has 0 aromatic heterocycles. The van der Waals surface area contributed by atoms with Crippen molar-refractivity contribution in [2.75, 3.05) is 13.6 Å². The van der Waals surface area contributed by atoms with Gasteiger partial charge in [0, 0.05) is 13.6 Å². The zero-order chi connectivity index (χ0) is 16.6. The van der Waals surface area contributed by atoms with Gasteiger partial charge in [-0.05, 0) is 43.9 Å². The molecule has 1 aromatic carbocycles. The number of nitrogens with zero attached hydrogens (tertiary/aromatic N) is 1. The van der Waals surface area contributed by atoms with Crippen molar-refractivity contribution in [1.29, 1.82) is 0 Å². The second kappa shape index (κ2) is 6.22. The highest BCUT2D eigenvalue weighted by Gasteiger charge is 2.46. The number of carbonyl (C=O) groups excluding carboxylic acids is 1. The molecule has 2 heterocycles. The predicted octanol–water partition coefficient (Wildman–Crippen LogP) is 1.05. The molecule has 3 atom stereocenters. The Kier molecular flexibility index (Phi) is 4.44. The van der Waals surface area contributed by atoms with E-state index >= 15 is 0 Å². The van der Waals surface area contributed by atoms with Crippen LogP contribution in [0.5, 0.6) is 0 Å². The van der Waals surface area contributed by atoms with Crippen molar-refractivity contribution in [1.82, 2.24) is 9.62 Å². The number of sulfonamides is 1. The van der Waals surface area contributed by atoms with Gasteiger partial charge < -0.3 is 10.1 Å². The van der Waals surface area contributed by atoms with Crippen LogP contribution in [-0.4, -0.2) is 50.5 Å². The number of carbonyl (C=O) groups is 1. The molecule has 7 heteroatoms. The molecule has 2 aliphatic rings. The van der Waals surface area contributed by atoms with Crippen LogP contribution in [0.25, 0.3) is 0 Å². The number of hydrogen-bond acceptors (Lipinski definition) is 4. The highest BCUT2D eigenvalue weighted by Crippen LogP contribution is 2.35. The lowest BCUT2D eigenvalue weighted by Gasteiger charge is -2.34. The fourth-order valence-corrected chi connectivity index (χ4v) is 5.25. The van der Waals surface area contributed by atoms with Crippen LogP contribution >= 0.6 is 0 Å². The van der Waals surface area contributed by atoms with Gasteiger partial charge in [0.2, 0.25) is 15.9 Å². The van der Waals surface area contributed by atoms with Gasteiger partial charge in [-0.2, -0.15) is 4.31 Å². The maximum atomic E-state index is 12.9. The summed E-state index contributed by atoms with van der Waals surface area (Å²) in [6.07, 6.45) is 1.14. The monoisotopic (exact) mass is 338 g/mol. The van der Waals surface area contributed by atoms with E-state index in [1.165, 1.54) is 0 Å². The normalized spacial score (nSPS) is 28.3. The molecule has 0 saturated carbocycles. The molecule has 0 bridgehead atoms. The molecule has 126 valence electrons. The first-order valence-corrected chi connectivity index (χ1v) is 9.33. The smallest absolute Gasteiger partial charge is 0.248 e. The number of hydrogen-bond donors (Lipinski definition) is 1. The maximum Gasteiger partial charge on any atom is 0.248 e. The van der Waals surface area contributed by atoms with Crippen LogP contribution in [0, 0.1) is 6.92 Å². The third-order valence-electron chi connectivity index (χ3n) is 4.63. The minimum atomic E-state index is -3.52. The quantitative estimate of drug-likeness (QED) is 0.894. The molecule has 2 saturated heterocycles. The summed E-state index contributed by atoms with van der Waals surface area (Å²) >= 11 is 0. The Balaban J connectivity index is 1.80. The molecule has 1 N–H and O–H groups in total. The molecule has 0 radical (unpaired) electrons. The van der Waals surface area contributed by atoms with Crippen LogP contribution in [0.4, 0.5) is 0 Å². The molecule has 6 nitrogen and oxygen atoms in total. The predicted molar refractivity (Wildman–Crippen MR) is 85.4 cm³/mol. The summed E-state index contributed by atoms with van der Waals surface area (Å²) in [6, 6.07) is 6.78. The second-order valence-electron chi connectivity index (χ2n) is 6.14. The summed E-state index contributed by atoms with van der Waals surface area (Å²) in [5.41, 5.74) is 0.918. The number of ether oxygens (including phenoxy) is 1. The minimum absolute atomic E-state index is 0.136.